The highest BCUT2D eigenvalue weighted by Gasteiger charge is 2.07. The van der Waals surface area contributed by atoms with E-state index in [1.807, 2.05) is 38.1 Å². The van der Waals surface area contributed by atoms with Crippen molar-refractivity contribution in [2.75, 3.05) is 10.6 Å². The first-order chi connectivity index (χ1) is 13.8. The second kappa shape index (κ2) is 11.8. The minimum Gasteiger partial charge on any atom is -0.326 e. The number of nitrogens with one attached hydrogen (secondary N) is 2. The second-order valence-corrected chi connectivity index (χ2v) is 8.16. The van der Waals surface area contributed by atoms with Crippen LogP contribution in [0.2, 0.25) is 10.0 Å². The minimum absolute atomic E-state index is 0.00614. The summed E-state index contributed by atoms with van der Waals surface area (Å²) in [6, 6.07) is 10.9. The van der Waals surface area contributed by atoms with E-state index in [2.05, 4.69) is 10.6 Å². The highest BCUT2D eigenvalue weighted by molar-refractivity contribution is 6.31. The highest BCUT2D eigenvalue weighted by Crippen LogP contribution is 2.21. The molecular formula is C23H28Cl2N2O2. The lowest BCUT2D eigenvalue weighted by molar-refractivity contribution is -0.117. The fraction of sp³-hybridized carbons (Fsp3) is 0.391. The normalized spacial score (nSPS) is 10.6. The molecule has 0 aliphatic heterocycles. The van der Waals surface area contributed by atoms with Crippen LogP contribution in [0.15, 0.2) is 36.4 Å². The van der Waals surface area contributed by atoms with Crippen molar-refractivity contribution in [3.8, 4) is 0 Å². The van der Waals surface area contributed by atoms with Gasteiger partial charge in [-0.1, -0.05) is 54.6 Å². The number of hydrogen-bond donors (Lipinski definition) is 2. The average Bonchev–Trinajstić information content (AvgIpc) is 2.67. The molecule has 2 aromatic rings. The summed E-state index contributed by atoms with van der Waals surface area (Å²) in [4.78, 5) is 24.1. The van der Waals surface area contributed by atoms with Gasteiger partial charge in [0.1, 0.15) is 0 Å². The second-order valence-electron chi connectivity index (χ2n) is 7.28. The number of rotatable bonds is 10. The Bertz CT molecular complexity index is 783. The van der Waals surface area contributed by atoms with Crippen LogP contribution in [0.4, 0.5) is 11.4 Å². The predicted octanol–water partition coefficient (Wildman–Crippen LogP) is 6.92. The molecular weight excluding hydrogens is 407 g/mol. The molecule has 4 nitrogen and oxygen atoms in total. The highest BCUT2D eigenvalue weighted by atomic mass is 35.5. The van der Waals surface area contributed by atoms with E-state index in [-0.39, 0.29) is 11.8 Å². The molecule has 0 unspecified atom stereocenters. The predicted molar refractivity (Wildman–Crippen MR) is 122 cm³/mol. The molecule has 0 aliphatic carbocycles. The van der Waals surface area contributed by atoms with E-state index in [0.29, 0.717) is 22.9 Å². The smallest absolute Gasteiger partial charge is 0.224 e. The Labute approximate surface area is 183 Å². The summed E-state index contributed by atoms with van der Waals surface area (Å²) < 4.78 is 0. The third-order valence-corrected chi connectivity index (χ3v) is 5.23. The SMILES string of the molecule is Cc1ccc(Cl)cc1NC(=O)CCCCCCCC(=O)Nc1cc(Cl)ccc1C. The maximum Gasteiger partial charge on any atom is 0.224 e. The van der Waals surface area contributed by atoms with Crippen LogP contribution in [0, 0.1) is 13.8 Å². The maximum absolute atomic E-state index is 12.1. The third kappa shape index (κ3) is 8.46. The van der Waals surface area contributed by atoms with Crippen molar-refractivity contribution in [3.05, 3.63) is 57.6 Å². The zero-order valence-electron chi connectivity index (χ0n) is 17.0. The number of hydrogen-bond acceptors (Lipinski definition) is 2. The van der Waals surface area contributed by atoms with Crippen molar-refractivity contribution in [1.82, 2.24) is 0 Å². The van der Waals surface area contributed by atoms with Crippen LogP contribution in [0.3, 0.4) is 0 Å². The molecule has 2 N–H and O–H groups in total. The van der Waals surface area contributed by atoms with Gasteiger partial charge in [0.05, 0.1) is 0 Å². The third-order valence-electron chi connectivity index (χ3n) is 4.76. The molecule has 0 radical (unpaired) electrons. The van der Waals surface area contributed by atoms with Crippen LogP contribution in [0.1, 0.15) is 56.1 Å². The van der Waals surface area contributed by atoms with Crippen molar-refractivity contribution in [2.24, 2.45) is 0 Å². The maximum atomic E-state index is 12.1. The van der Waals surface area contributed by atoms with E-state index in [1.54, 1.807) is 12.1 Å². The van der Waals surface area contributed by atoms with E-state index in [9.17, 15) is 9.59 Å². The number of amides is 2. The molecule has 0 aliphatic rings. The first-order valence-electron chi connectivity index (χ1n) is 9.97. The molecule has 0 saturated heterocycles. The number of aryl methyl sites for hydroxylation is 2. The lowest BCUT2D eigenvalue weighted by Gasteiger charge is -2.09. The van der Waals surface area contributed by atoms with Crippen molar-refractivity contribution in [1.29, 1.82) is 0 Å². The van der Waals surface area contributed by atoms with Gasteiger partial charge in [-0.3, -0.25) is 9.59 Å². The van der Waals surface area contributed by atoms with Crippen LogP contribution in [0.25, 0.3) is 0 Å². The van der Waals surface area contributed by atoms with E-state index >= 15 is 0 Å². The fourth-order valence-electron chi connectivity index (χ4n) is 2.98. The van der Waals surface area contributed by atoms with E-state index < -0.39 is 0 Å². The molecule has 0 bridgehead atoms. The van der Waals surface area contributed by atoms with Gasteiger partial charge in [-0.25, -0.2) is 0 Å². The van der Waals surface area contributed by atoms with Gasteiger partial charge in [-0.2, -0.15) is 0 Å². The lowest BCUT2D eigenvalue weighted by atomic mass is 10.1. The summed E-state index contributed by atoms with van der Waals surface area (Å²) in [6.45, 7) is 3.88. The van der Waals surface area contributed by atoms with E-state index in [4.69, 9.17) is 23.2 Å². The molecule has 2 amide bonds. The number of benzene rings is 2. The van der Waals surface area contributed by atoms with Gasteiger partial charge in [0.15, 0.2) is 0 Å². The van der Waals surface area contributed by atoms with Gasteiger partial charge in [-0.15, -0.1) is 0 Å². The van der Waals surface area contributed by atoms with Crippen LogP contribution >= 0.6 is 23.2 Å². The molecule has 2 aromatic carbocycles. The Balaban J connectivity index is 1.56. The van der Waals surface area contributed by atoms with Crippen molar-refractivity contribution in [2.45, 2.75) is 58.8 Å². The van der Waals surface area contributed by atoms with Crippen molar-refractivity contribution in [3.63, 3.8) is 0 Å². The molecule has 156 valence electrons. The Morgan fingerprint density at radius 3 is 1.48 bits per heavy atom. The number of carbonyl (C=O) groups excluding carboxylic acids is 2. The summed E-state index contributed by atoms with van der Waals surface area (Å²) >= 11 is 11.9. The molecule has 29 heavy (non-hydrogen) atoms. The fourth-order valence-corrected chi connectivity index (χ4v) is 3.33. The summed E-state index contributed by atoms with van der Waals surface area (Å²) in [5.74, 6) is 0.0123. The first-order valence-corrected chi connectivity index (χ1v) is 10.7. The summed E-state index contributed by atoms with van der Waals surface area (Å²) in [6.07, 6.45) is 5.58. The molecule has 0 fully saturated rings. The lowest BCUT2D eigenvalue weighted by Crippen LogP contribution is -2.12. The van der Waals surface area contributed by atoms with Gasteiger partial charge in [0, 0.05) is 34.3 Å². The zero-order chi connectivity index (χ0) is 21.2. The van der Waals surface area contributed by atoms with E-state index in [1.165, 1.54) is 0 Å². The minimum atomic E-state index is 0.00614. The van der Waals surface area contributed by atoms with Gasteiger partial charge in [0.2, 0.25) is 11.8 Å². The zero-order valence-corrected chi connectivity index (χ0v) is 18.5. The van der Waals surface area contributed by atoms with Crippen LogP contribution in [-0.4, -0.2) is 11.8 Å². The first kappa shape index (κ1) is 23.2. The van der Waals surface area contributed by atoms with Gasteiger partial charge in [0.25, 0.3) is 0 Å². The molecule has 2 rings (SSSR count). The molecule has 0 heterocycles. The Morgan fingerprint density at radius 2 is 1.07 bits per heavy atom. The summed E-state index contributed by atoms with van der Waals surface area (Å²) in [5, 5.41) is 7.05. The summed E-state index contributed by atoms with van der Waals surface area (Å²) in [5.41, 5.74) is 3.52. The monoisotopic (exact) mass is 434 g/mol. The standard InChI is InChI=1S/C23H28Cl2N2O2/c1-16-10-12-18(24)14-20(16)26-22(28)8-6-4-3-5-7-9-23(29)27-21-15-19(25)13-11-17(21)2/h10-15H,3-9H2,1-2H3,(H,26,28)(H,27,29). The molecule has 0 spiro atoms. The number of halogens is 2. The van der Waals surface area contributed by atoms with Crippen LogP contribution < -0.4 is 10.6 Å². The molecule has 0 saturated carbocycles. The molecule has 0 atom stereocenters. The van der Waals surface area contributed by atoms with Crippen molar-refractivity contribution >= 4 is 46.4 Å². The van der Waals surface area contributed by atoms with Crippen molar-refractivity contribution < 1.29 is 9.59 Å². The van der Waals surface area contributed by atoms with E-state index in [0.717, 1.165) is 54.6 Å². The summed E-state index contributed by atoms with van der Waals surface area (Å²) in [7, 11) is 0. The topological polar surface area (TPSA) is 58.2 Å². The average molecular weight is 435 g/mol. The van der Waals surface area contributed by atoms with Gasteiger partial charge in [-0.05, 0) is 62.1 Å². The largest absolute Gasteiger partial charge is 0.326 e. The van der Waals surface area contributed by atoms with Gasteiger partial charge < -0.3 is 10.6 Å². The number of carbonyl (C=O) groups is 2. The number of unbranched alkanes of at least 4 members (excludes halogenated alkanes) is 4. The number of anilines is 2. The quantitative estimate of drug-likeness (QED) is 0.398. The Morgan fingerprint density at radius 1 is 0.690 bits per heavy atom. The molecule has 0 aromatic heterocycles. The Hall–Kier alpha value is -2.04. The van der Waals surface area contributed by atoms with Gasteiger partial charge >= 0.3 is 0 Å². The van der Waals surface area contributed by atoms with Crippen LogP contribution in [-0.2, 0) is 9.59 Å². The van der Waals surface area contributed by atoms with Crippen LogP contribution in [0.5, 0.6) is 0 Å². The molecule has 6 heteroatoms. The Kier molecular flexibility index (Phi) is 9.49.